The van der Waals surface area contributed by atoms with E-state index in [-0.39, 0.29) is 6.04 Å². The summed E-state index contributed by atoms with van der Waals surface area (Å²) < 4.78 is 32.5. The van der Waals surface area contributed by atoms with Crippen LogP contribution in [0.3, 0.4) is 0 Å². The molecule has 0 spiro atoms. The molecule has 0 aromatic carbocycles. The predicted octanol–water partition coefficient (Wildman–Crippen LogP) is 1.53. The Hall–Kier alpha value is -0.270. The first-order chi connectivity index (χ1) is 9.47. The molecule has 0 saturated heterocycles. The predicted molar refractivity (Wildman–Crippen MR) is 80.1 cm³/mol. The van der Waals surface area contributed by atoms with Crippen LogP contribution in [0.2, 0.25) is 0 Å². The summed E-state index contributed by atoms with van der Waals surface area (Å²) in [4.78, 5) is 11.7. The molecule has 2 rings (SSSR count). The largest absolute Gasteiger partial charge is 0.469 e. The minimum absolute atomic E-state index is 0.0244. The summed E-state index contributed by atoms with van der Waals surface area (Å²) in [6.07, 6.45) is 6.81. The Morgan fingerprint density at radius 2 is 2.00 bits per heavy atom. The van der Waals surface area contributed by atoms with Crippen LogP contribution < -0.4 is 4.72 Å². The van der Waals surface area contributed by atoms with E-state index >= 15 is 0 Å². The van der Waals surface area contributed by atoms with Crippen LogP contribution in [0.1, 0.15) is 38.5 Å². The van der Waals surface area contributed by atoms with E-state index in [1.807, 2.05) is 0 Å². The second kappa shape index (κ2) is 6.66. The van der Waals surface area contributed by atoms with Gasteiger partial charge in [0.1, 0.15) is 0 Å². The summed E-state index contributed by atoms with van der Waals surface area (Å²) >= 11 is 1.79. The fourth-order valence-corrected chi connectivity index (χ4v) is 6.11. The molecule has 7 heteroatoms. The van der Waals surface area contributed by atoms with Crippen molar-refractivity contribution in [3.8, 4) is 0 Å². The van der Waals surface area contributed by atoms with Crippen LogP contribution in [0.25, 0.3) is 0 Å². The zero-order chi connectivity index (χ0) is 14.8. The Labute approximate surface area is 125 Å². The Morgan fingerprint density at radius 1 is 1.25 bits per heavy atom. The topological polar surface area (TPSA) is 72.5 Å². The maximum Gasteiger partial charge on any atom is 0.310 e. The average molecular weight is 321 g/mol. The molecule has 0 aromatic heterocycles. The maximum absolute atomic E-state index is 12.5. The van der Waals surface area contributed by atoms with Crippen molar-refractivity contribution < 1.29 is 17.9 Å². The van der Waals surface area contributed by atoms with Crippen molar-refractivity contribution in [2.24, 2.45) is 5.92 Å². The highest BCUT2D eigenvalue weighted by Gasteiger charge is 2.43. The number of methoxy groups -OCH3 is 1. The van der Waals surface area contributed by atoms with Gasteiger partial charge in [-0.3, -0.25) is 4.79 Å². The van der Waals surface area contributed by atoms with Gasteiger partial charge in [0, 0.05) is 11.3 Å². The second-order valence-electron chi connectivity index (χ2n) is 5.63. The van der Waals surface area contributed by atoms with Crippen molar-refractivity contribution in [3.63, 3.8) is 0 Å². The van der Waals surface area contributed by atoms with Gasteiger partial charge < -0.3 is 4.74 Å². The number of thioether (sulfide) groups is 1. The normalized spacial score (nSPS) is 34.3. The van der Waals surface area contributed by atoms with E-state index in [1.54, 1.807) is 11.8 Å². The highest BCUT2D eigenvalue weighted by Crippen LogP contribution is 2.34. The lowest BCUT2D eigenvalue weighted by molar-refractivity contribution is -0.145. The summed E-state index contributed by atoms with van der Waals surface area (Å²) in [6, 6.07) is 0.0244. The summed E-state index contributed by atoms with van der Waals surface area (Å²) in [7, 11) is -2.12. The molecule has 20 heavy (non-hydrogen) atoms. The number of carbonyl (C=O) groups excluding carboxylic acids is 1. The van der Waals surface area contributed by atoms with E-state index in [0.29, 0.717) is 18.1 Å². The third kappa shape index (κ3) is 3.49. The second-order valence-corrected chi connectivity index (χ2v) is 8.70. The molecule has 0 bridgehead atoms. The van der Waals surface area contributed by atoms with E-state index in [9.17, 15) is 13.2 Å². The molecule has 0 aromatic rings. The lowest BCUT2D eigenvalue weighted by Crippen LogP contribution is -2.43. The van der Waals surface area contributed by atoms with Gasteiger partial charge in [-0.15, -0.1) is 0 Å². The van der Waals surface area contributed by atoms with Crippen molar-refractivity contribution in [3.05, 3.63) is 0 Å². The third-order valence-electron chi connectivity index (χ3n) is 4.40. The van der Waals surface area contributed by atoms with Crippen molar-refractivity contribution >= 4 is 27.8 Å². The molecule has 2 saturated carbocycles. The van der Waals surface area contributed by atoms with Gasteiger partial charge in [0.15, 0.2) is 0 Å². The summed E-state index contributed by atoms with van der Waals surface area (Å²) in [6.45, 7) is 0. The molecule has 2 aliphatic rings. The monoisotopic (exact) mass is 321 g/mol. The molecule has 0 radical (unpaired) electrons. The van der Waals surface area contributed by atoms with Gasteiger partial charge >= 0.3 is 5.97 Å². The highest BCUT2D eigenvalue weighted by atomic mass is 32.2. The van der Waals surface area contributed by atoms with Gasteiger partial charge in [-0.2, -0.15) is 11.8 Å². The van der Waals surface area contributed by atoms with E-state index in [0.717, 1.165) is 25.7 Å². The minimum Gasteiger partial charge on any atom is -0.469 e. The van der Waals surface area contributed by atoms with Crippen LogP contribution in [-0.2, 0) is 19.6 Å². The zero-order valence-electron chi connectivity index (χ0n) is 12.0. The zero-order valence-corrected chi connectivity index (χ0v) is 13.6. The van der Waals surface area contributed by atoms with E-state index in [2.05, 4.69) is 11.0 Å². The van der Waals surface area contributed by atoms with Gasteiger partial charge in [0.25, 0.3) is 0 Å². The molecule has 4 atom stereocenters. The Bertz CT molecular complexity index is 451. The van der Waals surface area contributed by atoms with Gasteiger partial charge in [0.05, 0.1) is 18.3 Å². The van der Waals surface area contributed by atoms with Crippen LogP contribution in [0, 0.1) is 5.92 Å². The molecular formula is C13H23NO4S2. The fourth-order valence-electron chi connectivity index (χ4n) is 3.30. The van der Waals surface area contributed by atoms with Crippen molar-refractivity contribution in [2.75, 3.05) is 13.4 Å². The smallest absolute Gasteiger partial charge is 0.310 e. The van der Waals surface area contributed by atoms with E-state index in [1.165, 1.54) is 7.11 Å². The number of sulfonamides is 1. The molecule has 0 amide bonds. The number of hydrogen-bond donors (Lipinski definition) is 1. The molecular weight excluding hydrogens is 298 g/mol. The maximum atomic E-state index is 12.5. The van der Waals surface area contributed by atoms with Gasteiger partial charge in [-0.25, -0.2) is 13.1 Å². The Kier molecular flexibility index (Phi) is 5.36. The molecule has 0 heterocycles. The molecule has 2 fully saturated rings. The number of nitrogens with one attached hydrogen (secondary N) is 1. The molecule has 0 aliphatic heterocycles. The molecule has 4 unspecified atom stereocenters. The fraction of sp³-hybridized carbons (Fsp3) is 0.923. The Balaban J connectivity index is 2.01. The van der Waals surface area contributed by atoms with E-state index in [4.69, 9.17) is 4.74 Å². The molecule has 5 nitrogen and oxygen atoms in total. The third-order valence-corrected chi connectivity index (χ3v) is 7.52. The summed E-state index contributed by atoms with van der Waals surface area (Å²) in [5.41, 5.74) is 0. The SMILES string of the molecule is COC(=O)C1CCCC1S(=O)(=O)NC1CCC(SC)C1. The molecule has 2 aliphatic carbocycles. The quantitative estimate of drug-likeness (QED) is 0.778. The number of hydrogen-bond acceptors (Lipinski definition) is 5. The number of carbonyl (C=O) groups is 1. The first-order valence-corrected chi connectivity index (χ1v) is 9.93. The van der Waals surface area contributed by atoms with Crippen LogP contribution in [0.4, 0.5) is 0 Å². The van der Waals surface area contributed by atoms with Gasteiger partial charge in [-0.05, 0) is 38.4 Å². The number of esters is 1. The summed E-state index contributed by atoms with van der Waals surface area (Å²) in [5.74, 6) is -0.901. The van der Waals surface area contributed by atoms with Gasteiger partial charge in [0.2, 0.25) is 10.0 Å². The number of rotatable bonds is 5. The highest BCUT2D eigenvalue weighted by molar-refractivity contribution is 7.99. The van der Waals surface area contributed by atoms with Crippen LogP contribution >= 0.6 is 11.8 Å². The van der Waals surface area contributed by atoms with E-state index < -0.39 is 27.2 Å². The van der Waals surface area contributed by atoms with Crippen molar-refractivity contribution in [1.82, 2.24) is 4.72 Å². The Morgan fingerprint density at radius 3 is 2.60 bits per heavy atom. The van der Waals surface area contributed by atoms with Gasteiger partial charge in [-0.1, -0.05) is 6.42 Å². The molecule has 1 N–H and O–H groups in total. The standard InChI is InChI=1S/C13H23NO4S2/c1-18-13(15)11-4-3-5-12(11)20(16,17)14-9-6-7-10(8-9)19-2/h9-12,14H,3-8H2,1-2H3. The minimum atomic E-state index is -3.44. The lowest BCUT2D eigenvalue weighted by atomic mass is 10.1. The first-order valence-electron chi connectivity index (χ1n) is 7.09. The van der Waals surface area contributed by atoms with Crippen molar-refractivity contribution in [1.29, 1.82) is 0 Å². The summed E-state index contributed by atoms with van der Waals surface area (Å²) in [5, 5.41) is -0.0778. The van der Waals surface area contributed by atoms with Crippen LogP contribution in [0.5, 0.6) is 0 Å². The van der Waals surface area contributed by atoms with Crippen LogP contribution in [-0.4, -0.2) is 44.3 Å². The lowest BCUT2D eigenvalue weighted by Gasteiger charge is -2.21. The first kappa shape index (κ1) is 16.1. The molecule has 116 valence electrons. The number of ether oxygens (including phenoxy) is 1. The average Bonchev–Trinajstić information content (AvgIpc) is 3.05. The van der Waals surface area contributed by atoms with Crippen molar-refractivity contribution in [2.45, 2.75) is 55.1 Å². The van der Waals surface area contributed by atoms with Crippen LogP contribution in [0.15, 0.2) is 0 Å².